The zero-order valence-corrected chi connectivity index (χ0v) is 16.5. The zero-order valence-electron chi connectivity index (χ0n) is 14.9. The van der Waals surface area contributed by atoms with Crippen molar-refractivity contribution in [1.82, 2.24) is 0 Å². The number of allylic oxidation sites excluding steroid dienone is 2. The van der Waals surface area contributed by atoms with Crippen LogP contribution in [0.4, 0.5) is 0 Å². The van der Waals surface area contributed by atoms with E-state index in [0.29, 0.717) is 28.6 Å². The quantitative estimate of drug-likeness (QED) is 0.342. The first-order valence-corrected chi connectivity index (χ1v) is 10.1. The first-order chi connectivity index (χ1) is 12.1. The number of Topliss-reactive ketones (excluding diaryl/α,β-unsaturated/α-hetero) is 1. The Hall–Kier alpha value is -1.33. The highest BCUT2D eigenvalue weighted by atomic mass is 32.2. The van der Waals surface area contributed by atoms with Gasteiger partial charge >= 0.3 is 0 Å². The van der Waals surface area contributed by atoms with E-state index in [9.17, 15) is 4.79 Å². The van der Waals surface area contributed by atoms with Gasteiger partial charge in [0.15, 0.2) is 5.78 Å². The molecular weight excluding hydrogens is 352 g/mol. The summed E-state index contributed by atoms with van der Waals surface area (Å²) in [5.74, 6) is 1.49. The van der Waals surface area contributed by atoms with E-state index in [4.69, 9.17) is 21.7 Å². The van der Waals surface area contributed by atoms with E-state index in [1.165, 1.54) is 0 Å². The average molecular weight is 379 g/mol. The Morgan fingerprint density at radius 2 is 2.08 bits per heavy atom. The van der Waals surface area contributed by atoms with Crippen LogP contribution in [-0.2, 0) is 4.74 Å². The summed E-state index contributed by atoms with van der Waals surface area (Å²) in [5, 5.41) is 0.325. The molecular formula is C20H26O3S2. The molecule has 5 heteroatoms. The van der Waals surface area contributed by atoms with Crippen LogP contribution in [0.1, 0.15) is 49.4 Å². The fourth-order valence-electron chi connectivity index (χ4n) is 3.02. The lowest BCUT2D eigenvalue weighted by atomic mass is 9.88. The lowest BCUT2D eigenvalue weighted by Crippen LogP contribution is -2.22. The maximum atomic E-state index is 12.5. The average Bonchev–Trinajstić information content (AvgIpc) is 2.66. The number of ether oxygens (including phenoxy) is 2. The first-order valence-electron chi connectivity index (χ1n) is 8.79. The van der Waals surface area contributed by atoms with Crippen LogP contribution in [0, 0.1) is 5.92 Å². The lowest BCUT2D eigenvalue weighted by Gasteiger charge is -2.27. The highest BCUT2D eigenvalue weighted by Crippen LogP contribution is 2.34. The summed E-state index contributed by atoms with van der Waals surface area (Å²) in [7, 11) is 1.62. The van der Waals surface area contributed by atoms with E-state index in [2.05, 4.69) is 12.2 Å². The van der Waals surface area contributed by atoms with E-state index in [1.807, 2.05) is 31.2 Å². The van der Waals surface area contributed by atoms with Gasteiger partial charge in [0.2, 0.25) is 4.38 Å². The third-order valence-electron chi connectivity index (χ3n) is 4.41. The van der Waals surface area contributed by atoms with Gasteiger partial charge in [-0.1, -0.05) is 23.9 Å². The van der Waals surface area contributed by atoms with E-state index in [-0.39, 0.29) is 5.78 Å². The molecule has 2 atom stereocenters. The summed E-state index contributed by atoms with van der Waals surface area (Å²) in [6.07, 6.45) is 9.15. The molecule has 0 saturated heterocycles. The molecule has 136 valence electrons. The minimum atomic E-state index is 0.168. The molecule has 0 aliphatic heterocycles. The minimum Gasteiger partial charge on any atom is -0.497 e. The Morgan fingerprint density at radius 1 is 1.32 bits per heavy atom. The molecule has 0 spiro atoms. The number of hydrogen-bond donors (Lipinski definition) is 0. The molecule has 1 aromatic carbocycles. The standard InChI is InChI=1S/C20H26O3S2/c1-3-23-20(24)25-19(16-7-5-4-6-8-16)14-13-18(21)15-9-11-17(22-2)12-10-15/h4-5,9-12,16,19H,3,6-8,13-14H2,1-2H3. The molecule has 0 amide bonds. The maximum Gasteiger partial charge on any atom is 0.220 e. The molecule has 1 aliphatic rings. The molecule has 25 heavy (non-hydrogen) atoms. The van der Waals surface area contributed by atoms with Crippen molar-refractivity contribution in [2.24, 2.45) is 5.92 Å². The van der Waals surface area contributed by atoms with E-state index < -0.39 is 0 Å². The van der Waals surface area contributed by atoms with Crippen LogP contribution in [0.3, 0.4) is 0 Å². The predicted molar refractivity (Wildman–Crippen MR) is 109 cm³/mol. The number of benzene rings is 1. The second-order valence-corrected chi connectivity index (χ2v) is 7.92. The van der Waals surface area contributed by atoms with Gasteiger partial charge in [-0.25, -0.2) is 0 Å². The Kier molecular flexibility index (Phi) is 8.49. The Bertz CT molecular complexity index is 595. The van der Waals surface area contributed by atoms with Crippen molar-refractivity contribution in [2.45, 2.75) is 44.3 Å². The van der Waals surface area contributed by atoms with E-state index in [0.717, 1.165) is 37.0 Å². The number of ketones is 1. The number of methoxy groups -OCH3 is 1. The molecule has 0 N–H and O–H groups in total. The van der Waals surface area contributed by atoms with Gasteiger partial charge in [0.1, 0.15) is 5.75 Å². The summed E-state index contributed by atoms with van der Waals surface area (Å²) in [4.78, 5) is 12.5. The molecule has 0 aromatic heterocycles. The van der Waals surface area contributed by atoms with E-state index in [1.54, 1.807) is 18.9 Å². The van der Waals surface area contributed by atoms with Gasteiger partial charge in [0, 0.05) is 17.2 Å². The second-order valence-electron chi connectivity index (χ2n) is 6.07. The summed E-state index contributed by atoms with van der Waals surface area (Å²) in [6, 6.07) is 7.32. The molecule has 0 radical (unpaired) electrons. The van der Waals surface area contributed by atoms with Crippen LogP contribution in [-0.4, -0.2) is 29.1 Å². The predicted octanol–water partition coefficient (Wildman–Crippen LogP) is 5.44. The summed E-state index contributed by atoms with van der Waals surface area (Å²) in [5.41, 5.74) is 0.737. The number of carbonyl (C=O) groups excluding carboxylic acids is 1. The van der Waals surface area contributed by atoms with Crippen LogP contribution < -0.4 is 4.74 Å². The largest absolute Gasteiger partial charge is 0.497 e. The number of thioether (sulfide) groups is 1. The summed E-state index contributed by atoms with van der Waals surface area (Å²) >= 11 is 6.95. The molecule has 2 rings (SSSR count). The lowest BCUT2D eigenvalue weighted by molar-refractivity contribution is 0.0978. The minimum absolute atomic E-state index is 0.168. The fraction of sp³-hybridized carbons (Fsp3) is 0.500. The molecule has 0 saturated carbocycles. The van der Waals surface area contributed by atoms with Gasteiger partial charge in [-0.05, 0) is 75.0 Å². The van der Waals surface area contributed by atoms with Gasteiger partial charge in [-0.3, -0.25) is 4.79 Å². The van der Waals surface area contributed by atoms with Crippen LogP contribution in [0.5, 0.6) is 5.75 Å². The molecule has 2 unspecified atom stereocenters. The Labute approximate surface area is 160 Å². The highest BCUT2D eigenvalue weighted by Gasteiger charge is 2.25. The number of rotatable bonds is 8. The van der Waals surface area contributed by atoms with Gasteiger partial charge in [-0.15, -0.1) is 0 Å². The van der Waals surface area contributed by atoms with Crippen molar-refractivity contribution in [3.05, 3.63) is 42.0 Å². The van der Waals surface area contributed by atoms with Crippen molar-refractivity contribution in [2.75, 3.05) is 13.7 Å². The van der Waals surface area contributed by atoms with Gasteiger partial charge in [-0.2, -0.15) is 0 Å². The monoisotopic (exact) mass is 378 g/mol. The molecule has 0 fully saturated rings. The van der Waals surface area contributed by atoms with Gasteiger partial charge < -0.3 is 9.47 Å². The summed E-state index contributed by atoms with van der Waals surface area (Å²) in [6.45, 7) is 2.53. The third-order valence-corrected chi connectivity index (χ3v) is 6.05. The normalized spacial score (nSPS) is 17.8. The van der Waals surface area contributed by atoms with Crippen molar-refractivity contribution in [3.8, 4) is 5.75 Å². The maximum absolute atomic E-state index is 12.5. The van der Waals surface area contributed by atoms with Crippen LogP contribution in [0.15, 0.2) is 36.4 Å². The van der Waals surface area contributed by atoms with Crippen molar-refractivity contribution >= 4 is 34.1 Å². The van der Waals surface area contributed by atoms with Crippen molar-refractivity contribution in [1.29, 1.82) is 0 Å². The zero-order chi connectivity index (χ0) is 18.1. The number of carbonyl (C=O) groups is 1. The van der Waals surface area contributed by atoms with Crippen LogP contribution >= 0.6 is 24.0 Å². The van der Waals surface area contributed by atoms with Gasteiger partial charge in [0.25, 0.3) is 0 Å². The van der Waals surface area contributed by atoms with Crippen LogP contribution in [0.25, 0.3) is 0 Å². The molecule has 0 bridgehead atoms. The summed E-state index contributed by atoms with van der Waals surface area (Å²) < 4.78 is 11.2. The molecule has 1 aliphatic carbocycles. The molecule has 0 heterocycles. The van der Waals surface area contributed by atoms with E-state index >= 15 is 0 Å². The molecule has 3 nitrogen and oxygen atoms in total. The Balaban J connectivity index is 1.95. The highest BCUT2D eigenvalue weighted by molar-refractivity contribution is 8.23. The second kappa shape index (κ2) is 10.6. The number of thiocarbonyl (C=S) groups is 1. The number of hydrogen-bond acceptors (Lipinski definition) is 5. The van der Waals surface area contributed by atoms with Crippen molar-refractivity contribution in [3.63, 3.8) is 0 Å². The third kappa shape index (κ3) is 6.48. The van der Waals surface area contributed by atoms with Crippen molar-refractivity contribution < 1.29 is 14.3 Å². The SMILES string of the molecule is CCOC(=S)SC(CCC(=O)c1ccc(OC)cc1)C1CC=CCC1. The van der Waals surface area contributed by atoms with Crippen LogP contribution in [0.2, 0.25) is 0 Å². The molecule has 1 aromatic rings. The smallest absolute Gasteiger partial charge is 0.220 e. The van der Waals surface area contributed by atoms with Gasteiger partial charge in [0.05, 0.1) is 13.7 Å². The Morgan fingerprint density at radius 3 is 2.68 bits per heavy atom. The first kappa shape index (κ1) is 20.0. The fourth-order valence-corrected chi connectivity index (χ4v) is 4.61. The topological polar surface area (TPSA) is 35.5 Å².